The van der Waals surface area contributed by atoms with E-state index in [0.29, 0.717) is 33.2 Å². The first kappa shape index (κ1) is 15.7. The van der Waals surface area contributed by atoms with Gasteiger partial charge in [0.2, 0.25) is 0 Å². The number of phenols is 2. The molecule has 0 saturated carbocycles. The maximum absolute atomic E-state index is 11.6. The normalized spacial score (nSPS) is 10.8. The Morgan fingerprint density at radius 2 is 1.67 bits per heavy atom. The topological polar surface area (TPSA) is 87.0 Å². The van der Waals surface area contributed by atoms with Crippen LogP contribution in [0.25, 0.3) is 21.9 Å². The number of methoxy groups -OCH3 is 1. The average Bonchev–Trinajstić information content (AvgIpc) is 2.56. The molecule has 122 valence electrons. The number of phenolic OH excluding ortho intramolecular Hbond substituents is 1. The van der Waals surface area contributed by atoms with Crippen LogP contribution < -0.4 is 4.74 Å². The second-order valence-corrected chi connectivity index (χ2v) is 5.49. The summed E-state index contributed by atoms with van der Waals surface area (Å²) >= 11 is 0. The summed E-state index contributed by atoms with van der Waals surface area (Å²) in [5.41, 5.74) is 1.31. The molecule has 0 saturated heterocycles. The lowest BCUT2D eigenvalue weighted by Crippen LogP contribution is -2.03. The van der Waals surface area contributed by atoms with Crippen LogP contribution >= 0.6 is 0 Å². The molecule has 0 bridgehead atoms. The van der Waals surface area contributed by atoms with Gasteiger partial charge in [-0.05, 0) is 59.2 Å². The van der Waals surface area contributed by atoms with E-state index >= 15 is 0 Å². The minimum atomic E-state index is -1.22. The summed E-state index contributed by atoms with van der Waals surface area (Å²) in [5.74, 6) is -0.813. The van der Waals surface area contributed by atoms with Crippen molar-refractivity contribution in [1.29, 1.82) is 0 Å². The number of aromatic hydroxyl groups is 2. The van der Waals surface area contributed by atoms with Crippen LogP contribution in [-0.4, -0.2) is 28.4 Å². The van der Waals surface area contributed by atoms with Gasteiger partial charge in [0.05, 0.1) is 7.11 Å². The van der Waals surface area contributed by atoms with E-state index in [-0.39, 0.29) is 17.1 Å². The zero-order valence-electron chi connectivity index (χ0n) is 13.2. The lowest BCUT2D eigenvalue weighted by atomic mass is 9.90. The van der Waals surface area contributed by atoms with Gasteiger partial charge in [-0.1, -0.05) is 12.1 Å². The molecule has 0 aliphatic heterocycles. The Morgan fingerprint density at radius 1 is 1.00 bits per heavy atom. The quantitative estimate of drug-likeness (QED) is 0.679. The van der Waals surface area contributed by atoms with Gasteiger partial charge in [0.25, 0.3) is 0 Å². The van der Waals surface area contributed by atoms with Crippen LogP contribution in [0.15, 0.2) is 42.5 Å². The van der Waals surface area contributed by atoms with Gasteiger partial charge in [-0.25, -0.2) is 4.79 Å². The first-order valence-electron chi connectivity index (χ1n) is 7.30. The van der Waals surface area contributed by atoms with Gasteiger partial charge in [0, 0.05) is 5.56 Å². The number of carboxylic acids is 1. The summed E-state index contributed by atoms with van der Waals surface area (Å²) in [7, 11) is 1.55. The number of aryl methyl sites for hydroxylation is 1. The number of hydrogen-bond donors (Lipinski definition) is 3. The lowest BCUT2D eigenvalue weighted by Gasteiger charge is -2.16. The minimum absolute atomic E-state index is 0.0355. The van der Waals surface area contributed by atoms with Crippen LogP contribution in [0.5, 0.6) is 17.2 Å². The molecule has 3 N–H and O–H groups in total. The van der Waals surface area contributed by atoms with Crippen LogP contribution in [0.1, 0.15) is 15.9 Å². The first-order chi connectivity index (χ1) is 11.4. The molecule has 0 aliphatic rings. The monoisotopic (exact) mass is 324 g/mol. The van der Waals surface area contributed by atoms with Gasteiger partial charge in [0.15, 0.2) is 0 Å². The number of hydrogen-bond acceptors (Lipinski definition) is 4. The SMILES string of the molecule is COc1ccc(-c2c(O)c(C(=O)O)c(C)c3cc(O)ccc23)cc1. The maximum Gasteiger partial charge on any atom is 0.339 e. The van der Waals surface area contributed by atoms with Gasteiger partial charge < -0.3 is 20.1 Å². The average molecular weight is 324 g/mol. The molecule has 0 aromatic heterocycles. The van der Waals surface area contributed by atoms with Crippen LogP contribution in [0, 0.1) is 6.92 Å². The molecule has 0 atom stereocenters. The molecule has 3 aromatic carbocycles. The van der Waals surface area contributed by atoms with Gasteiger partial charge in [-0.2, -0.15) is 0 Å². The Labute approximate surface area is 138 Å². The van der Waals surface area contributed by atoms with Gasteiger partial charge in [-0.15, -0.1) is 0 Å². The number of aromatic carboxylic acids is 1. The van der Waals surface area contributed by atoms with Crippen molar-refractivity contribution in [2.75, 3.05) is 7.11 Å². The molecule has 0 heterocycles. The highest BCUT2D eigenvalue weighted by molar-refractivity contribution is 6.09. The molecular formula is C19H16O5. The predicted octanol–water partition coefficient (Wildman–Crippen LogP) is 3.93. The molecule has 0 spiro atoms. The van der Waals surface area contributed by atoms with E-state index in [1.165, 1.54) is 12.1 Å². The first-order valence-corrected chi connectivity index (χ1v) is 7.30. The smallest absolute Gasteiger partial charge is 0.339 e. The summed E-state index contributed by atoms with van der Waals surface area (Å²) in [4.78, 5) is 11.6. The van der Waals surface area contributed by atoms with E-state index in [0.717, 1.165) is 0 Å². The Morgan fingerprint density at radius 3 is 2.25 bits per heavy atom. The molecular weight excluding hydrogens is 308 g/mol. The fourth-order valence-electron chi connectivity index (χ4n) is 2.94. The molecule has 0 unspecified atom stereocenters. The number of carbonyl (C=O) groups is 1. The summed E-state index contributed by atoms with van der Waals surface area (Å²) in [6.07, 6.45) is 0. The molecule has 0 fully saturated rings. The third-order valence-electron chi connectivity index (χ3n) is 4.12. The molecule has 24 heavy (non-hydrogen) atoms. The second kappa shape index (κ2) is 5.77. The van der Waals surface area contributed by atoms with Crippen LogP contribution in [0.2, 0.25) is 0 Å². The molecule has 5 nitrogen and oxygen atoms in total. The van der Waals surface area contributed by atoms with E-state index in [1.807, 2.05) is 0 Å². The van der Waals surface area contributed by atoms with E-state index in [9.17, 15) is 20.1 Å². The third kappa shape index (κ3) is 2.40. The van der Waals surface area contributed by atoms with Crippen molar-refractivity contribution in [3.8, 4) is 28.4 Å². The van der Waals surface area contributed by atoms with Crippen molar-refractivity contribution in [2.45, 2.75) is 6.92 Å². The lowest BCUT2D eigenvalue weighted by molar-refractivity contribution is 0.0693. The Hall–Kier alpha value is -3.21. The number of carboxylic acid groups (broad SMARTS) is 1. The number of benzene rings is 3. The Bertz CT molecular complexity index is 942. The zero-order chi connectivity index (χ0) is 17.4. The van der Waals surface area contributed by atoms with Crippen molar-refractivity contribution in [3.05, 3.63) is 53.6 Å². The van der Waals surface area contributed by atoms with E-state index in [2.05, 4.69) is 0 Å². The van der Waals surface area contributed by atoms with E-state index in [4.69, 9.17) is 4.74 Å². The van der Waals surface area contributed by atoms with Crippen LogP contribution in [0.3, 0.4) is 0 Å². The van der Waals surface area contributed by atoms with Gasteiger partial charge in [-0.3, -0.25) is 0 Å². The summed E-state index contributed by atoms with van der Waals surface area (Å²) in [6, 6.07) is 11.7. The standard InChI is InChI=1S/C19H16O5/c1-10-15-9-12(20)5-8-14(15)17(18(21)16(10)19(22)23)11-3-6-13(24-2)7-4-11/h3-9,20-21H,1-2H3,(H,22,23). The molecule has 0 aliphatic carbocycles. The van der Waals surface area contributed by atoms with E-state index in [1.54, 1.807) is 44.4 Å². The largest absolute Gasteiger partial charge is 0.508 e. The van der Waals surface area contributed by atoms with Crippen molar-refractivity contribution >= 4 is 16.7 Å². The predicted molar refractivity (Wildman–Crippen MR) is 91.0 cm³/mol. The molecule has 3 aromatic rings. The molecule has 0 amide bonds. The molecule has 5 heteroatoms. The number of rotatable bonds is 3. The Balaban J connectivity index is 2.42. The molecule has 0 radical (unpaired) electrons. The zero-order valence-corrected chi connectivity index (χ0v) is 13.2. The van der Waals surface area contributed by atoms with Crippen molar-refractivity contribution in [2.24, 2.45) is 0 Å². The fourth-order valence-corrected chi connectivity index (χ4v) is 2.94. The van der Waals surface area contributed by atoms with Crippen molar-refractivity contribution in [1.82, 2.24) is 0 Å². The van der Waals surface area contributed by atoms with Crippen molar-refractivity contribution in [3.63, 3.8) is 0 Å². The summed E-state index contributed by atoms with van der Waals surface area (Å²) < 4.78 is 5.13. The highest BCUT2D eigenvalue weighted by Gasteiger charge is 2.22. The number of fused-ring (bicyclic) bond motifs is 1. The summed E-state index contributed by atoms with van der Waals surface area (Å²) in [5, 5.41) is 31.1. The van der Waals surface area contributed by atoms with Crippen molar-refractivity contribution < 1.29 is 24.9 Å². The minimum Gasteiger partial charge on any atom is -0.508 e. The van der Waals surface area contributed by atoms with Crippen LogP contribution in [-0.2, 0) is 0 Å². The third-order valence-corrected chi connectivity index (χ3v) is 4.12. The number of ether oxygens (including phenoxy) is 1. The fraction of sp³-hybridized carbons (Fsp3) is 0.105. The highest BCUT2D eigenvalue weighted by atomic mass is 16.5. The van der Waals surface area contributed by atoms with E-state index < -0.39 is 5.97 Å². The maximum atomic E-state index is 11.6. The second-order valence-electron chi connectivity index (χ2n) is 5.49. The highest BCUT2D eigenvalue weighted by Crippen LogP contribution is 2.42. The van der Waals surface area contributed by atoms with Gasteiger partial charge in [0.1, 0.15) is 22.8 Å². The summed E-state index contributed by atoms with van der Waals surface area (Å²) in [6.45, 7) is 1.61. The Kier molecular flexibility index (Phi) is 3.77. The van der Waals surface area contributed by atoms with Crippen LogP contribution in [0.4, 0.5) is 0 Å². The van der Waals surface area contributed by atoms with Gasteiger partial charge >= 0.3 is 5.97 Å². The molecule has 3 rings (SSSR count).